The lowest BCUT2D eigenvalue weighted by Crippen LogP contribution is -2.22. The first-order chi connectivity index (χ1) is 11.1. The number of hydrogen-bond donors (Lipinski definition) is 1. The minimum atomic E-state index is -0.111. The molecule has 4 heteroatoms. The lowest BCUT2D eigenvalue weighted by atomic mass is 10.0. The molecule has 0 atom stereocenters. The number of para-hydroxylation sites is 1. The number of carbonyl (C=O) groups excluding carboxylic acids is 1. The zero-order valence-electron chi connectivity index (χ0n) is 13.2. The van der Waals surface area contributed by atoms with E-state index in [0.29, 0.717) is 5.57 Å². The van der Waals surface area contributed by atoms with Crippen molar-refractivity contribution in [2.45, 2.75) is 20.3 Å². The summed E-state index contributed by atoms with van der Waals surface area (Å²) in [5, 5.41) is 3.05. The van der Waals surface area contributed by atoms with Crippen molar-refractivity contribution in [2.75, 3.05) is 11.9 Å². The molecule has 3 rings (SSSR count). The summed E-state index contributed by atoms with van der Waals surface area (Å²) in [7, 11) is 0. The van der Waals surface area contributed by atoms with Crippen LogP contribution in [0.4, 0.5) is 5.69 Å². The van der Waals surface area contributed by atoms with Crippen LogP contribution in [0.1, 0.15) is 23.6 Å². The quantitative estimate of drug-likeness (QED) is 0.846. The third-order valence-corrected chi connectivity index (χ3v) is 4.45. The Balaban J connectivity index is 1.88. The van der Waals surface area contributed by atoms with Crippen molar-refractivity contribution < 1.29 is 9.53 Å². The number of halogens is 1. The Kier molecular flexibility index (Phi) is 4.53. The summed E-state index contributed by atoms with van der Waals surface area (Å²) in [4.78, 5) is 12.6. The largest absolute Gasteiger partial charge is 0.488 e. The fourth-order valence-electron chi connectivity index (χ4n) is 2.68. The van der Waals surface area contributed by atoms with Crippen LogP contribution in [0.5, 0.6) is 5.75 Å². The van der Waals surface area contributed by atoms with Gasteiger partial charge in [-0.3, -0.25) is 4.79 Å². The smallest absolute Gasteiger partial charge is 0.255 e. The number of ether oxygens (including phenoxy) is 1. The Hall–Kier alpha value is -2.07. The summed E-state index contributed by atoms with van der Waals surface area (Å²) in [6.07, 6.45) is 2.77. The second-order valence-electron chi connectivity index (χ2n) is 5.56. The number of benzene rings is 2. The predicted molar refractivity (Wildman–Crippen MR) is 96.8 cm³/mol. The second kappa shape index (κ2) is 6.59. The van der Waals surface area contributed by atoms with Gasteiger partial charge in [-0.15, -0.1) is 0 Å². The number of amides is 1. The average Bonchev–Trinajstić information content (AvgIpc) is 2.55. The third-order valence-electron chi connectivity index (χ3n) is 3.95. The number of rotatable bonds is 3. The van der Waals surface area contributed by atoms with Gasteiger partial charge in [0.1, 0.15) is 12.4 Å². The molecule has 2 aromatic carbocycles. The molecule has 1 heterocycles. The first-order valence-corrected chi connectivity index (χ1v) is 8.40. The molecular formula is C19H18BrNO2. The van der Waals surface area contributed by atoms with Crippen LogP contribution in [0.15, 0.2) is 46.4 Å². The average molecular weight is 372 g/mol. The zero-order chi connectivity index (χ0) is 16.4. The van der Waals surface area contributed by atoms with Crippen LogP contribution in [0.3, 0.4) is 0 Å². The molecule has 0 aliphatic carbocycles. The summed E-state index contributed by atoms with van der Waals surface area (Å²) in [6.45, 7) is 4.38. The summed E-state index contributed by atoms with van der Waals surface area (Å²) in [5.41, 5.74) is 4.65. The van der Waals surface area contributed by atoms with Gasteiger partial charge in [-0.2, -0.15) is 0 Å². The van der Waals surface area contributed by atoms with E-state index < -0.39 is 0 Å². The predicted octanol–water partition coefficient (Wildman–Crippen LogP) is 4.73. The molecule has 0 spiro atoms. The van der Waals surface area contributed by atoms with Gasteiger partial charge in [-0.05, 0) is 48.7 Å². The molecule has 0 radical (unpaired) electrons. The molecule has 0 bridgehead atoms. The number of nitrogens with one attached hydrogen (secondary N) is 1. The fraction of sp³-hybridized carbons (Fsp3) is 0.211. The Morgan fingerprint density at radius 2 is 2.13 bits per heavy atom. The third kappa shape index (κ3) is 3.32. The fourth-order valence-corrected chi connectivity index (χ4v) is 3.05. The van der Waals surface area contributed by atoms with E-state index in [1.807, 2.05) is 49.4 Å². The van der Waals surface area contributed by atoms with Gasteiger partial charge >= 0.3 is 0 Å². The Morgan fingerprint density at radius 1 is 1.30 bits per heavy atom. The standard InChI is InChI=1S/C19H18BrNO2/c1-3-13-6-4-5-12(2)18(13)21-19(22)15-9-14-10-16(20)7-8-17(14)23-11-15/h4-10H,3,11H2,1-2H3,(H,21,22). The van der Waals surface area contributed by atoms with Gasteiger partial charge in [0.25, 0.3) is 5.91 Å². The molecule has 0 saturated carbocycles. The molecule has 0 fully saturated rings. The Morgan fingerprint density at radius 3 is 2.91 bits per heavy atom. The van der Waals surface area contributed by atoms with Crippen LogP contribution in [0.2, 0.25) is 0 Å². The van der Waals surface area contributed by atoms with Crippen molar-refractivity contribution in [3.05, 3.63) is 63.1 Å². The number of carbonyl (C=O) groups is 1. The lowest BCUT2D eigenvalue weighted by Gasteiger charge is -2.19. The maximum Gasteiger partial charge on any atom is 0.255 e. The summed E-state index contributed by atoms with van der Waals surface area (Å²) < 4.78 is 6.65. The van der Waals surface area contributed by atoms with E-state index in [1.54, 1.807) is 0 Å². The van der Waals surface area contributed by atoms with Crippen molar-refractivity contribution in [1.82, 2.24) is 0 Å². The highest BCUT2D eigenvalue weighted by molar-refractivity contribution is 9.10. The topological polar surface area (TPSA) is 38.3 Å². The van der Waals surface area contributed by atoms with Gasteiger partial charge in [0.15, 0.2) is 0 Å². The van der Waals surface area contributed by atoms with Gasteiger partial charge in [0.05, 0.1) is 5.57 Å². The lowest BCUT2D eigenvalue weighted by molar-refractivity contribution is -0.113. The van der Waals surface area contributed by atoms with Gasteiger partial charge in [-0.1, -0.05) is 41.1 Å². The number of hydrogen-bond acceptors (Lipinski definition) is 2. The Bertz CT molecular complexity index is 796. The van der Waals surface area contributed by atoms with Crippen LogP contribution >= 0.6 is 15.9 Å². The first-order valence-electron chi connectivity index (χ1n) is 7.61. The zero-order valence-corrected chi connectivity index (χ0v) is 14.7. The van der Waals surface area contributed by atoms with Crippen LogP contribution < -0.4 is 10.1 Å². The van der Waals surface area contributed by atoms with Crippen LogP contribution in [-0.4, -0.2) is 12.5 Å². The summed E-state index contributed by atoms with van der Waals surface area (Å²) >= 11 is 3.44. The summed E-state index contributed by atoms with van der Waals surface area (Å²) in [6, 6.07) is 11.8. The van der Waals surface area contributed by atoms with E-state index in [9.17, 15) is 4.79 Å². The molecule has 0 aromatic heterocycles. The minimum absolute atomic E-state index is 0.111. The van der Waals surface area contributed by atoms with Gasteiger partial charge in [-0.25, -0.2) is 0 Å². The molecule has 1 aliphatic rings. The summed E-state index contributed by atoms with van der Waals surface area (Å²) in [5.74, 6) is 0.689. The highest BCUT2D eigenvalue weighted by atomic mass is 79.9. The van der Waals surface area contributed by atoms with E-state index in [2.05, 4.69) is 28.2 Å². The van der Waals surface area contributed by atoms with Crippen LogP contribution in [-0.2, 0) is 11.2 Å². The normalized spacial score (nSPS) is 12.9. The highest BCUT2D eigenvalue weighted by Crippen LogP contribution is 2.30. The molecule has 0 unspecified atom stereocenters. The number of aryl methyl sites for hydroxylation is 2. The van der Waals surface area contributed by atoms with E-state index in [0.717, 1.165) is 39.0 Å². The maximum atomic E-state index is 12.6. The van der Waals surface area contributed by atoms with Crippen LogP contribution in [0, 0.1) is 6.92 Å². The van der Waals surface area contributed by atoms with Gasteiger partial charge in [0.2, 0.25) is 0 Å². The molecule has 0 saturated heterocycles. The molecule has 118 valence electrons. The molecular weight excluding hydrogens is 354 g/mol. The van der Waals surface area contributed by atoms with E-state index in [-0.39, 0.29) is 12.5 Å². The number of fused-ring (bicyclic) bond motifs is 1. The van der Waals surface area contributed by atoms with Crippen LogP contribution in [0.25, 0.3) is 6.08 Å². The molecule has 23 heavy (non-hydrogen) atoms. The second-order valence-corrected chi connectivity index (χ2v) is 6.47. The van der Waals surface area contributed by atoms with Gasteiger partial charge < -0.3 is 10.1 Å². The minimum Gasteiger partial charge on any atom is -0.488 e. The molecule has 1 aliphatic heterocycles. The van der Waals surface area contributed by atoms with Gasteiger partial charge in [0, 0.05) is 15.7 Å². The van der Waals surface area contributed by atoms with E-state index in [4.69, 9.17) is 4.74 Å². The molecule has 1 amide bonds. The van der Waals surface area contributed by atoms with E-state index >= 15 is 0 Å². The Labute approximate surface area is 144 Å². The van der Waals surface area contributed by atoms with Crippen molar-refractivity contribution in [1.29, 1.82) is 0 Å². The highest BCUT2D eigenvalue weighted by Gasteiger charge is 2.18. The first kappa shape index (κ1) is 15.8. The monoisotopic (exact) mass is 371 g/mol. The van der Waals surface area contributed by atoms with Crippen molar-refractivity contribution in [3.8, 4) is 5.75 Å². The SMILES string of the molecule is CCc1cccc(C)c1NC(=O)C1=Cc2cc(Br)ccc2OC1. The molecule has 1 N–H and O–H groups in total. The number of anilines is 1. The molecule has 3 nitrogen and oxygen atoms in total. The van der Waals surface area contributed by atoms with Crippen molar-refractivity contribution in [2.24, 2.45) is 0 Å². The maximum absolute atomic E-state index is 12.6. The van der Waals surface area contributed by atoms with Crippen molar-refractivity contribution >= 4 is 33.6 Å². The van der Waals surface area contributed by atoms with Crippen molar-refractivity contribution in [3.63, 3.8) is 0 Å². The molecule has 2 aromatic rings. The van der Waals surface area contributed by atoms with E-state index in [1.165, 1.54) is 0 Å².